The van der Waals surface area contributed by atoms with E-state index < -0.39 is 23.6 Å². The van der Waals surface area contributed by atoms with E-state index in [-0.39, 0.29) is 30.8 Å². The topological polar surface area (TPSA) is 105 Å². The summed E-state index contributed by atoms with van der Waals surface area (Å²) < 4.78 is 5.65. The van der Waals surface area contributed by atoms with Gasteiger partial charge in [0.25, 0.3) is 0 Å². The highest BCUT2D eigenvalue weighted by atomic mass is 16.5. The fraction of sp³-hybridized carbons (Fsp3) is 0.464. The third-order valence-electron chi connectivity index (χ3n) is 7.48. The lowest BCUT2D eigenvalue weighted by molar-refractivity contribution is -0.140. The Morgan fingerprint density at radius 1 is 1.06 bits per heavy atom. The van der Waals surface area contributed by atoms with Crippen molar-refractivity contribution in [2.45, 2.75) is 69.9 Å². The van der Waals surface area contributed by atoms with E-state index in [1.54, 1.807) is 0 Å². The maximum Gasteiger partial charge on any atom is 0.407 e. The second kappa shape index (κ2) is 10.5. The average Bonchev–Trinajstić information content (AvgIpc) is 3.14. The van der Waals surface area contributed by atoms with Crippen molar-refractivity contribution in [3.8, 4) is 11.1 Å². The van der Waals surface area contributed by atoms with Gasteiger partial charge < -0.3 is 20.5 Å². The molecule has 186 valence electrons. The van der Waals surface area contributed by atoms with Crippen LogP contribution < -0.4 is 10.6 Å². The quantitative estimate of drug-likeness (QED) is 0.453. The standard InChI is InChI=1S/C28H34N2O5/c1-3-18(2)15-24(26(33)30-28(13-8-14-28)16-25(31)32)29-27(34)35-17-23-21-11-6-4-9-19(21)20-10-5-7-12-22(20)23/h4-7,9-12,18,23-24H,3,8,13-17H2,1-2H3,(H,29,34)(H,30,33)(H,31,32). The molecular weight excluding hydrogens is 444 g/mol. The van der Waals surface area contributed by atoms with Gasteiger partial charge in [0, 0.05) is 5.92 Å². The van der Waals surface area contributed by atoms with Crippen LogP contribution >= 0.6 is 0 Å². The first-order valence-electron chi connectivity index (χ1n) is 12.5. The van der Waals surface area contributed by atoms with E-state index in [9.17, 15) is 19.5 Å². The first kappa shape index (κ1) is 24.8. The number of hydrogen-bond acceptors (Lipinski definition) is 4. The summed E-state index contributed by atoms with van der Waals surface area (Å²) in [5, 5.41) is 15.0. The molecule has 2 amide bonds. The maximum absolute atomic E-state index is 13.1. The number of rotatable bonds is 10. The molecule has 2 aliphatic rings. The largest absolute Gasteiger partial charge is 0.481 e. The zero-order valence-electron chi connectivity index (χ0n) is 20.4. The average molecular weight is 479 g/mol. The highest BCUT2D eigenvalue weighted by Gasteiger charge is 2.42. The Balaban J connectivity index is 1.42. The molecule has 35 heavy (non-hydrogen) atoms. The van der Waals surface area contributed by atoms with Crippen LogP contribution in [-0.2, 0) is 14.3 Å². The third kappa shape index (κ3) is 5.50. The molecule has 0 bridgehead atoms. The number of alkyl carbamates (subject to hydrolysis) is 1. The van der Waals surface area contributed by atoms with E-state index in [2.05, 4.69) is 34.9 Å². The Labute approximate surface area is 206 Å². The molecule has 1 saturated carbocycles. The van der Waals surface area contributed by atoms with Crippen LogP contribution in [0.5, 0.6) is 0 Å². The number of carbonyl (C=O) groups is 3. The van der Waals surface area contributed by atoms with Crippen LogP contribution in [0.15, 0.2) is 48.5 Å². The summed E-state index contributed by atoms with van der Waals surface area (Å²) in [6.07, 6.45) is 2.70. The monoisotopic (exact) mass is 478 g/mol. The predicted octanol–water partition coefficient (Wildman–Crippen LogP) is 4.84. The van der Waals surface area contributed by atoms with Crippen LogP contribution in [0.3, 0.4) is 0 Å². The van der Waals surface area contributed by atoms with Crippen molar-refractivity contribution < 1.29 is 24.2 Å². The molecule has 1 fully saturated rings. The van der Waals surface area contributed by atoms with Crippen LogP contribution in [-0.4, -0.2) is 41.3 Å². The fourth-order valence-corrected chi connectivity index (χ4v) is 5.17. The summed E-state index contributed by atoms with van der Waals surface area (Å²) in [5.74, 6) is -1.15. The van der Waals surface area contributed by atoms with Crippen LogP contribution in [0, 0.1) is 5.92 Å². The summed E-state index contributed by atoms with van der Waals surface area (Å²) in [6, 6.07) is 15.5. The highest BCUT2D eigenvalue weighted by Crippen LogP contribution is 2.44. The minimum absolute atomic E-state index is 0.0659. The first-order chi connectivity index (χ1) is 16.8. The number of carboxylic acids is 1. The van der Waals surface area contributed by atoms with Crippen LogP contribution in [0.2, 0.25) is 0 Å². The smallest absolute Gasteiger partial charge is 0.407 e. The lowest BCUT2D eigenvalue weighted by atomic mass is 9.74. The Morgan fingerprint density at radius 2 is 1.66 bits per heavy atom. The lowest BCUT2D eigenvalue weighted by Gasteiger charge is -2.42. The van der Waals surface area contributed by atoms with Gasteiger partial charge in [0.1, 0.15) is 12.6 Å². The van der Waals surface area contributed by atoms with Gasteiger partial charge >= 0.3 is 12.1 Å². The summed E-state index contributed by atoms with van der Waals surface area (Å²) in [6.45, 7) is 4.22. The Bertz CT molecular complexity index is 1050. The van der Waals surface area contributed by atoms with Gasteiger partial charge in [-0.15, -0.1) is 0 Å². The zero-order chi connectivity index (χ0) is 25.0. The number of aliphatic carboxylic acids is 1. The Hall–Kier alpha value is -3.35. The van der Waals surface area contributed by atoms with Gasteiger partial charge in [-0.05, 0) is 53.9 Å². The first-order valence-corrected chi connectivity index (χ1v) is 12.5. The molecule has 0 radical (unpaired) electrons. The van der Waals surface area contributed by atoms with Gasteiger partial charge in [0.15, 0.2) is 0 Å². The molecule has 2 aliphatic carbocycles. The number of carboxylic acid groups (broad SMARTS) is 1. The van der Waals surface area contributed by atoms with Crippen molar-refractivity contribution in [2.75, 3.05) is 6.61 Å². The van der Waals surface area contributed by atoms with Crippen molar-refractivity contribution in [3.63, 3.8) is 0 Å². The number of ether oxygens (including phenoxy) is 1. The molecule has 2 aromatic rings. The Kier molecular flexibility index (Phi) is 7.43. The number of carbonyl (C=O) groups excluding carboxylic acids is 2. The molecule has 7 heteroatoms. The molecule has 0 heterocycles. The van der Waals surface area contributed by atoms with Crippen LogP contribution in [0.1, 0.15) is 69.4 Å². The second-order valence-corrected chi connectivity index (χ2v) is 9.97. The zero-order valence-corrected chi connectivity index (χ0v) is 20.4. The second-order valence-electron chi connectivity index (χ2n) is 9.97. The van der Waals surface area contributed by atoms with E-state index in [1.807, 2.05) is 38.1 Å². The Morgan fingerprint density at radius 3 is 2.17 bits per heavy atom. The van der Waals surface area contributed by atoms with Gasteiger partial charge in [-0.3, -0.25) is 9.59 Å². The number of fused-ring (bicyclic) bond motifs is 3. The van der Waals surface area contributed by atoms with Crippen molar-refractivity contribution in [1.82, 2.24) is 10.6 Å². The number of nitrogens with one attached hydrogen (secondary N) is 2. The van der Waals surface area contributed by atoms with Gasteiger partial charge in [0.05, 0.1) is 12.0 Å². The van der Waals surface area contributed by atoms with E-state index >= 15 is 0 Å². The lowest BCUT2D eigenvalue weighted by Crippen LogP contribution is -2.59. The van der Waals surface area contributed by atoms with Crippen molar-refractivity contribution >= 4 is 18.0 Å². The summed E-state index contributed by atoms with van der Waals surface area (Å²) in [4.78, 5) is 37.3. The van der Waals surface area contributed by atoms with E-state index in [4.69, 9.17) is 4.74 Å². The number of hydrogen-bond donors (Lipinski definition) is 3. The molecule has 7 nitrogen and oxygen atoms in total. The highest BCUT2D eigenvalue weighted by molar-refractivity contribution is 5.87. The molecule has 3 N–H and O–H groups in total. The van der Waals surface area contributed by atoms with E-state index in [0.717, 1.165) is 35.1 Å². The number of amides is 2. The molecule has 0 aliphatic heterocycles. The fourth-order valence-electron chi connectivity index (χ4n) is 5.17. The van der Waals surface area contributed by atoms with Crippen LogP contribution in [0.25, 0.3) is 11.1 Å². The summed E-state index contributed by atoms with van der Waals surface area (Å²) >= 11 is 0. The molecule has 0 spiro atoms. The van der Waals surface area contributed by atoms with Gasteiger partial charge in [-0.25, -0.2) is 4.79 Å². The van der Waals surface area contributed by atoms with Gasteiger partial charge in [0.2, 0.25) is 5.91 Å². The minimum atomic E-state index is -0.937. The van der Waals surface area contributed by atoms with E-state index in [0.29, 0.717) is 19.3 Å². The third-order valence-corrected chi connectivity index (χ3v) is 7.48. The summed E-state index contributed by atoms with van der Waals surface area (Å²) in [5.41, 5.74) is 3.82. The van der Waals surface area contributed by atoms with Gasteiger partial charge in [-0.2, -0.15) is 0 Å². The molecule has 2 atom stereocenters. The van der Waals surface area contributed by atoms with Crippen LogP contribution in [0.4, 0.5) is 4.79 Å². The van der Waals surface area contributed by atoms with Crippen molar-refractivity contribution in [3.05, 3.63) is 59.7 Å². The molecule has 0 saturated heterocycles. The van der Waals surface area contributed by atoms with Gasteiger partial charge in [-0.1, -0.05) is 68.8 Å². The SMILES string of the molecule is CCC(C)CC(NC(=O)OCC1c2ccccc2-c2ccccc21)C(=O)NC1(CC(=O)O)CCC1. The summed E-state index contributed by atoms with van der Waals surface area (Å²) in [7, 11) is 0. The normalized spacial score (nSPS) is 17.3. The molecular formula is C28H34N2O5. The van der Waals surface area contributed by atoms with E-state index in [1.165, 1.54) is 0 Å². The van der Waals surface area contributed by atoms with Crippen molar-refractivity contribution in [1.29, 1.82) is 0 Å². The van der Waals surface area contributed by atoms with Crippen molar-refractivity contribution in [2.24, 2.45) is 5.92 Å². The molecule has 4 rings (SSSR count). The number of benzene rings is 2. The minimum Gasteiger partial charge on any atom is -0.481 e. The maximum atomic E-state index is 13.1. The molecule has 2 unspecified atom stereocenters. The predicted molar refractivity (Wildman–Crippen MR) is 133 cm³/mol. The molecule has 2 aromatic carbocycles. The molecule has 0 aromatic heterocycles.